The van der Waals surface area contributed by atoms with Crippen LogP contribution in [-0.4, -0.2) is 59.3 Å². The Morgan fingerprint density at radius 3 is 2.94 bits per heavy atom. The second kappa shape index (κ2) is 7.45. The van der Waals surface area contributed by atoms with Gasteiger partial charge in [-0.2, -0.15) is 0 Å². The fourth-order valence-corrected chi connectivity index (χ4v) is 1.99. The Hall–Kier alpha value is -0.980. The molecule has 1 aliphatic rings. The van der Waals surface area contributed by atoms with Gasteiger partial charge in [-0.25, -0.2) is 0 Å². The Kier molecular flexibility index (Phi) is 5.57. The number of aromatic nitrogens is 3. The van der Waals surface area contributed by atoms with Gasteiger partial charge in [0.25, 0.3) is 0 Å². The fraction of sp³-hybridized carbons (Fsp3) is 0.833. The quantitative estimate of drug-likeness (QED) is 0.699. The molecule has 6 heteroatoms. The molecule has 0 aliphatic carbocycles. The van der Waals surface area contributed by atoms with Gasteiger partial charge in [-0.1, -0.05) is 12.1 Å². The number of nitrogens with one attached hydrogen (secondary N) is 1. The molecule has 1 aromatic heterocycles. The Morgan fingerprint density at radius 1 is 1.33 bits per heavy atom. The smallest absolute Gasteiger partial charge is 0.0964 e. The van der Waals surface area contributed by atoms with Gasteiger partial charge in [0, 0.05) is 32.4 Å². The zero-order chi connectivity index (χ0) is 12.6. The zero-order valence-electron chi connectivity index (χ0n) is 11.1. The van der Waals surface area contributed by atoms with Crippen LogP contribution in [0.4, 0.5) is 0 Å². The maximum atomic E-state index is 5.33. The number of nitrogens with zero attached hydrogens (tertiary/aromatic N) is 4. The zero-order valence-corrected chi connectivity index (χ0v) is 11.1. The van der Waals surface area contributed by atoms with Gasteiger partial charge >= 0.3 is 0 Å². The van der Waals surface area contributed by atoms with Crippen LogP contribution >= 0.6 is 0 Å². The average Bonchev–Trinajstić information content (AvgIpc) is 2.86. The second-order valence-corrected chi connectivity index (χ2v) is 4.60. The van der Waals surface area contributed by atoms with Crippen molar-refractivity contribution in [3.63, 3.8) is 0 Å². The molecule has 0 saturated carbocycles. The molecule has 0 spiro atoms. The molecule has 1 saturated heterocycles. The highest BCUT2D eigenvalue weighted by atomic mass is 16.5. The molecule has 6 nitrogen and oxygen atoms in total. The highest BCUT2D eigenvalue weighted by Crippen LogP contribution is 1.98. The number of hydrogen-bond acceptors (Lipinski definition) is 5. The molecule has 1 aromatic rings. The van der Waals surface area contributed by atoms with Crippen LogP contribution in [0.5, 0.6) is 0 Å². The summed E-state index contributed by atoms with van der Waals surface area (Å²) in [6.07, 6.45) is 3.17. The van der Waals surface area contributed by atoms with Crippen molar-refractivity contribution in [2.75, 3.05) is 39.4 Å². The van der Waals surface area contributed by atoms with Crippen LogP contribution in [0.15, 0.2) is 6.20 Å². The van der Waals surface area contributed by atoms with E-state index in [1.54, 1.807) is 0 Å². The lowest BCUT2D eigenvalue weighted by Crippen LogP contribution is -2.38. The second-order valence-electron chi connectivity index (χ2n) is 4.60. The Labute approximate surface area is 108 Å². The van der Waals surface area contributed by atoms with Crippen molar-refractivity contribution in [3.05, 3.63) is 11.9 Å². The first-order chi connectivity index (χ1) is 8.88. The largest absolute Gasteiger partial charge is 0.379 e. The van der Waals surface area contributed by atoms with E-state index in [2.05, 4.69) is 27.5 Å². The number of morpholine rings is 1. The molecule has 0 radical (unpaired) electrons. The summed E-state index contributed by atoms with van der Waals surface area (Å²) < 4.78 is 7.26. The Balaban J connectivity index is 1.69. The third kappa shape index (κ3) is 4.36. The van der Waals surface area contributed by atoms with E-state index >= 15 is 0 Å². The first-order valence-corrected chi connectivity index (χ1v) is 6.78. The lowest BCUT2D eigenvalue weighted by Gasteiger charge is -2.26. The molecule has 0 atom stereocenters. The first kappa shape index (κ1) is 13.5. The minimum Gasteiger partial charge on any atom is -0.379 e. The summed E-state index contributed by atoms with van der Waals surface area (Å²) in [6.45, 7) is 9.68. The van der Waals surface area contributed by atoms with Gasteiger partial charge < -0.3 is 10.1 Å². The molecule has 18 heavy (non-hydrogen) atoms. The van der Waals surface area contributed by atoms with Crippen LogP contribution in [0.25, 0.3) is 0 Å². The van der Waals surface area contributed by atoms with E-state index in [4.69, 9.17) is 4.74 Å². The Bertz CT molecular complexity index is 335. The third-order valence-corrected chi connectivity index (χ3v) is 3.07. The molecule has 1 fully saturated rings. The van der Waals surface area contributed by atoms with Crippen molar-refractivity contribution >= 4 is 0 Å². The van der Waals surface area contributed by atoms with Crippen molar-refractivity contribution in [2.24, 2.45) is 0 Å². The van der Waals surface area contributed by atoms with Gasteiger partial charge in [0.1, 0.15) is 0 Å². The summed E-state index contributed by atoms with van der Waals surface area (Å²) in [5, 5.41) is 11.6. The summed E-state index contributed by atoms with van der Waals surface area (Å²) >= 11 is 0. The minimum absolute atomic E-state index is 0.811. The van der Waals surface area contributed by atoms with E-state index < -0.39 is 0 Å². The van der Waals surface area contributed by atoms with Crippen LogP contribution in [0.1, 0.15) is 19.0 Å². The van der Waals surface area contributed by atoms with E-state index in [1.807, 2.05) is 10.9 Å². The summed E-state index contributed by atoms with van der Waals surface area (Å²) in [4.78, 5) is 2.40. The molecule has 0 amide bonds. The first-order valence-electron chi connectivity index (χ1n) is 6.78. The third-order valence-electron chi connectivity index (χ3n) is 3.07. The highest BCUT2D eigenvalue weighted by molar-refractivity contribution is 4.91. The molecular weight excluding hydrogens is 230 g/mol. The maximum Gasteiger partial charge on any atom is 0.0964 e. The molecular formula is C12H23N5O. The van der Waals surface area contributed by atoms with Gasteiger partial charge in [0.2, 0.25) is 0 Å². The van der Waals surface area contributed by atoms with Crippen LogP contribution in [-0.2, 0) is 17.8 Å². The SMILES string of the molecule is CCCNCc1cn(CCN2CCOCC2)nn1. The van der Waals surface area contributed by atoms with E-state index in [9.17, 15) is 0 Å². The van der Waals surface area contributed by atoms with Gasteiger partial charge in [-0.3, -0.25) is 9.58 Å². The van der Waals surface area contributed by atoms with Gasteiger partial charge in [0.15, 0.2) is 0 Å². The van der Waals surface area contributed by atoms with Crippen molar-refractivity contribution in [1.82, 2.24) is 25.2 Å². The molecule has 0 bridgehead atoms. The van der Waals surface area contributed by atoms with Crippen LogP contribution in [0.3, 0.4) is 0 Å². The van der Waals surface area contributed by atoms with Crippen molar-refractivity contribution in [2.45, 2.75) is 26.4 Å². The van der Waals surface area contributed by atoms with Gasteiger partial charge in [-0.05, 0) is 13.0 Å². The number of hydrogen-bond donors (Lipinski definition) is 1. The minimum atomic E-state index is 0.811. The molecule has 102 valence electrons. The van der Waals surface area contributed by atoms with Crippen LogP contribution < -0.4 is 5.32 Å². The summed E-state index contributed by atoms with van der Waals surface area (Å²) in [5.74, 6) is 0. The van der Waals surface area contributed by atoms with Gasteiger partial charge in [-0.15, -0.1) is 5.10 Å². The fourth-order valence-electron chi connectivity index (χ4n) is 1.99. The van der Waals surface area contributed by atoms with E-state index in [-0.39, 0.29) is 0 Å². The predicted octanol–water partition coefficient (Wildman–Crippen LogP) is 0.110. The Morgan fingerprint density at radius 2 is 2.17 bits per heavy atom. The van der Waals surface area contributed by atoms with Crippen LogP contribution in [0.2, 0.25) is 0 Å². The molecule has 2 rings (SSSR count). The normalized spacial score (nSPS) is 17.2. The van der Waals surface area contributed by atoms with Crippen molar-refractivity contribution < 1.29 is 4.74 Å². The monoisotopic (exact) mass is 253 g/mol. The number of ether oxygens (including phenoxy) is 1. The number of rotatable bonds is 7. The summed E-state index contributed by atoms with van der Waals surface area (Å²) in [5.41, 5.74) is 1.02. The molecule has 0 unspecified atom stereocenters. The molecule has 2 heterocycles. The van der Waals surface area contributed by atoms with E-state index in [1.165, 1.54) is 0 Å². The van der Waals surface area contributed by atoms with Crippen LogP contribution in [0, 0.1) is 0 Å². The van der Waals surface area contributed by atoms with Crippen molar-refractivity contribution in [3.8, 4) is 0 Å². The standard InChI is InChI=1S/C12H23N5O/c1-2-3-13-10-12-11-17(15-14-12)5-4-16-6-8-18-9-7-16/h11,13H,2-10H2,1H3. The highest BCUT2D eigenvalue weighted by Gasteiger charge is 2.10. The predicted molar refractivity (Wildman–Crippen MR) is 69.3 cm³/mol. The molecule has 0 aromatic carbocycles. The topological polar surface area (TPSA) is 55.2 Å². The summed E-state index contributed by atoms with van der Waals surface area (Å²) in [7, 11) is 0. The average molecular weight is 253 g/mol. The van der Waals surface area contributed by atoms with E-state index in [0.717, 1.165) is 64.6 Å². The van der Waals surface area contributed by atoms with Crippen molar-refractivity contribution in [1.29, 1.82) is 0 Å². The molecule has 1 N–H and O–H groups in total. The molecule has 1 aliphatic heterocycles. The maximum absolute atomic E-state index is 5.33. The lowest BCUT2D eigenvalue weighted by molar-refractivity contribution is 0.0359. The van der Waals surface area contributed by atoms with E-state index in [0.29, 0.717) is 0 Å². The van der Waals surface area contributed by atoms with Gasteiger partial charge in [0.05, 0.1) is 25.5 Å². The lowest BCUT2D eigenvalue weighted by atomic mass is 10.4. The summed E-state index contributed by atoms with van der Waals surface area (Å²) in [6, 6.07) is 0.